The molecule has 0 saturated carbocycles. The summed E-state index contributed by atoms with van der Waals surface area (Å²) in [5, 5.41) is 6.68. The Morgan fingerprint density at radius 1 is 1.32 bits per heavy atom. The van der Waals surface area contributed by atoms with Gasteiger partial charge in [0.05, 0.1) is 12.6 Å². The van der Waals surface area contributed by atoms with E-state index in [0.29, 0.717) is 19.8 Å². The van der Waals surface area contributed by atoms with Crippen molar-refractivity contribution in [3.63, 3.8) is 0 Å². The van der Waals surface area contributed by atoms with E-state index in [2.05, 4.69) is 10.4 Å². The molecule has 9 heteroatoms. The minimum absolute atomic E-state index is 0.0380. The van der Waals surface area contributed by atoms with Crippen LogP contribution in [0.1, 0.15) is 37.4 Å². The predicted octanol–water partition coefficient (Wildman–Crippen LogP) is 1.83. The maximum Gasteiger partial charge on any atom is 0.435 e. The molecule has 140 valence electrons. The predicted molar refractivity (Wildman–Crippen MR) is 83.9 cm³/mol. The third-order valence-corrected chi connectivity index (χ3v) is 4.71. The highest BCUT2D eigenvalue weighted by atomic mass is 19.4. The van der Waals surface area contributed by atoms with Crippen LogP contribution in [0.15, 0.2) is 12.3 Å². The van der Waals surface area contributed by atoms with Gasteiger partial charge < -0.3 is 10.1 Å². The van der Waals surface area contributed by atoms with Crippen LogP contribution in [0.3, 0.4) is 0 Å². The SMILES string of the molecule is O=C(CN1CCCC(n2ccc(C(F)(F)F)n2)C1)NC1CCOCC1. The van der Waals surface area contributed by atoms with Crippen molar-refractivity contribution in [1.82, 2.24) is 20.0 Å². The molecule has 2 saturated heterocycles. The van der Waals surface area contributed by atoms with E-state index in [9.17, 15) is 18.0 Å². The normalized spacial score (nSPS) is 23.6. The van der Waals surface area contributed by atoms with Crippen LogP contribution in [0.4, 0.5) is 13.2 Å². The Bertz CT molecular complexity index is 584. The van der Waals surface area contributed by atoms with Gasteiger partial charge in [-0.1, -0.05) is 0 Å². The van der Waals surface area contributed by atoms with Crippen molar-refractivity contribution in [3.8, 4) is 0 Å². The van der Waals surface area contributed by atoms with E-state index in [4.69, 9.17) is 4.74 Å². The molecule has 25 heavy (non-hydrogen) atoms. The number of hydrogen-bond donors (Lipinski definition) is 1. The number of alkyl halides is 3. The Labute approximate surface area is 144 Å². The molecule has 1 unspecified atom stereocenters. The van der Waals surface area contributed by atoms with Crippen molar-refractivity contribution >= 4 is 5.91 Å². The van der Waals surface area contributed by atoms with E-state index in [1.165, 1.54) is 10.9 Å². The zero-order valence-corrected chi connectivity index (χ0v) is 14.0. The lowest BCUT2D eigenvalue weighted by Gasteiger charge is -2.33. The van der Waals surface area contributed by atoms with E-state index >= 15 is 0 Å². The lowest BCUT2D eigenvalue weighted by atomic mass is 10.1. The fraction of sp³-hybridized carbons (Fsp3) is 0.750. The molecule has 6 nitrogen and oxygen atoms in total. The number of carbonyl (C=O) groups is 1. The lowest BCUT2D eigenvalue weighted by Crippen LogP contribution is -2.46. The average molecular weight is 360 g/mol. The van der Waals surface area contributed by atoms with Crippen molar-refractivity contribution in [1.29, 1.82) is 0 Å². The maximum absolute atomic E-state index is 12.7. The van der Waals surface area contributed by atoms with Gasteiger partial charge in [-0.15, -0.1) is 0 Å². The Balaban J connectivity index is 1.52. The standard InChI is InChI=1S/C16H23F3N4O2/c17-16(18,19)14-3-7-23(21-14)13-2-1-6-22(10-13)11-15(24)20-12-4-8-25-9-5-12/h3,7,12-13H,1-2,4-6,8-11H2,(H,20,24). The van der Waals surface area contributed by atoms with Crippen molar-refractivity contribution in [2.24, 2.45) is 0 Å². The molecule has 0 radical (unpaired) electrons. The van der Waals surface area contributed by atoms with Crippen LogP contribution in [-0.4, -0.2) is 59.5 Å². The first-order valence-electron chi connectivity index (χ1n) is 8.63. The second-order valence-corrected chi connectivity index (χ2v) is 6.66. The summed E-state index contributed by atoms with van der Waals surface area (Å²) in [6.45, 7) is 2.89. The molecule has 2 aliphatic heterocycles. The molecule has 0 aromatic carbocycles. The highest BCUT2D eigenvalue weighted by Crippen LogP contribution is 2.29. The van der Waals surface area contributed by atoms with Crippen LogP contribution in [-0.2, 0) is 15.7 Å². The van der Waals surface area contributed by atoms with E-state index in [1.54, 1.807) is 0 Å². The zero-order valence-electron chi connectivity index (χ0n) is 14.0. The van der Waals surface area contributed by atoms with Crippen LogP contribution >= 0.6 is 0 Å². The highest BCUT2D eigenvalue weighted by Gasteiger charge is 2.34. The van der Waals surface area contributed by atoms with Crippen molar-refractivity contribution in [2.45, 2.75) is 43.9 Å². The third-order valence-electron chi connectivity index (χ3n) is 4.71. The number of halogens is 3. The monoisotopic (exact) mass is 360 g/mol. The summed E-state index contributed by atoms with van der Waals surface area (Å²) in [5.41, 5.74) is -0.873. The summed E-state index contributed by atoms with van der Waals surface area (Å²) in [7, 11) is 0. The fourth-order valence-corrected chi connectivity index (χ4v) is 3.40. The Kier molecular flexibility index (Phi) is 5.63. The van der Waals surface area contributed by atoms with Crippen LogP contribution < -0.4 is 5.32 Å². The summed E-state index contributed by atoms with van der Waals surface area (Å²) in [6, 6.07) is 1.01. The molecule has 2 aliphatic rings. The minimum atomic E-state index is -4.43. The van der Waals surface area contributed by atoms with Gasteiger partial charge in [0, 0.05) is 32.0 Å². The van der Waals surface area contributed by atoms with Gasteiger partial charge in [-0.05, 0) is 38.3 Å². The minimum Gasteiger partial charge on any atom is -0.381 e. The molecule has 2 fully saturated rings. The lowest BCUT2D eigenvalue weighted by molar-refractivity contribution is -0.141. The number of piperidine rings is 1. The average Bonchev–Trinajstić information content (AvgIpc) is 3.06. The maximum atomic E-state index is 12.7. The summed E-state index contributed by atoms with van der Waals surface area (Å²) in [4.78, 5) is 14.2. The first-order valence-corrected chi connectivity index (χ1v) is 8.63. The van der Waals surface area contributed by atoms with E-state index in [0.717, 1.165) is 38.3 Å². The van der Waals surface area contributed by atoms with Crippen molar-refractivity contribution in [3.05, 3.63) is 18.0 Å². The largest absolute Gasteiger partial charge is 0.435 e. The van der Waals surface area contributed by atoms with Crippen molar-refractivity contribution < 1.29 is 22.7 Å². The first kappa shape index (κ1) is 18.2. The second-order valence-electron chi connectivity index (χ2n) is 6.66. The fourth-order valence-electron chi connectivity index (χ4n) is 3.40. The molecule has 1 aromatic rings. The van der Waals surface area contributed by atoms with E-state index in [1.807, 2.05) is 4.90 Å². The third kappa shape index (κ3) is 4.94. The molecule has 1 N–H and O–H groups in total. The first-order chi connectivity index (χ1) is 11.9. The number of rotatable bonds is 4. The molecule has 1 atom stereocenters. The van der Waals surface area contributed by atoms with Gasteiger partial charge in [-0.3, -0.25) is 14.4 Å². The summed E-state index contributed by atoms with van der Waals surface area (Å²) in [5.74, 6) is -0.0380. The van der Waals surface area contributed by atoms with E-state index < -0.39 is 11.9 Å². The van der Waals surface area contributed by atoms with Crippen LogP contribution in [0.5, 0.6) is 0 Å². The molecular formula is C16H23F3N4O2. The van der Waals surface area contributed by atoms with Gasteiger partial charge in [0.15, 0.2) is 5.69 Å². The van der Waals surface area contributed by atoms with Gasteiger partial charge >= 0.3 is 6.18 Å². The molecular weight excluding hydrogens is 337 g/mol. The second kappa shape index (κ2) is 7.74. The van der Waals surface area contributed by atoms with Gasteiger partial charge in [0.2, 0.25) is 5.91 Å². The zero-order chi connectivity index (χ0) is 17.9. The molecule has 1 amide bonds. The highest BCUT2D eigenvalue weighted by molar-refractivity contribution is 5.78. The smallest absolute Gasteiger partial charge is 0.381 e. The molecule has 1 aromatic heterocycles. The van der Waals surface area contributed by atoms with Gasteiger partial charge in [0.1, 0.15) is 0 Å². The quantitative estimate of drug-likeness (QED) is 0.890. The molecule has 3 heterocycles. The summed E-state index contributed by atoms with van der Waals surface area (Å²) < 4.78 is 44.7. The summed E-state index contributed by atoms with van der Waals surface area (Å²) in [6.07, 6.45) is 0.180. The molecule has 3 rings (SSSR count). The topological polar surface area (TPSA) is 59.4 Å². The van der Waals surface area contributed by atoms with Crippen LogP contribution in [0.2, 0.25) is 0 Å². The van der Waals surface area contributed by atoms with E-state index in [-0.39, 0.29) is 24.5 Å². The molecule has 0 spiro atoms. The Morgan fingerprint density at radius 2 is 2.08 bits per heavy atom. The van der Waals surface area contributed by atoms with Gasteiger partial charge in [-0.2, -0.15) is 18.3 Å². The van der Waals surface area contributed by atoms with Crippen molar-refractivity contribution in [2.75, 3.05) is 32.8 Å². The van der Waals surface area contributed by atoms with Crippen LogP contribution in [0, 0.1) is 0 Å². The summed E-state index contributed by atoms with van der Waals surface area (Å²) >= 11 is 0. The van der Waals surface area contributed by atoms with Crippen LogP contribution in [0.25, 0.3) is 0 Å². The number of aromatic nitrogens is 2. The number of nitrogens with zero attached hydrogens (tertiary/aromatic N) is 3. The molecule has 0 bridgehead atoms. The Hall–Kier alpha value is -1.61. The molecule has 0 aliphatic carbocycles. The Morgan fingerprint density at radius 3 is 2.76 bits per heavy atom. The number of hydrogen-bond acceptors (Lipinski definition) is 4. The number of amides is 1. The van der Waals surface area contributed by atoms with Gasteiger partial charge in [-0.25, -0.2) is 0 Å². The van der Waals surface area contributed by atoms with Gasteiger partial charge in [0.25, 0.3) is 0 Å². The number of ether oxygens (including phenoxy) is 1. The number of carbonyl (C=O) groups excluding carboxylic acids is 1. The number of likely N-dealkylation sites (tertiary alicyclic amines) is 1. The number of nitrogens with one attached hydrogen (secondary N) is 1.